The lowest BCUT2D eigenvalue weighted by Crippen LogP contribution is -2.40. The largest absolute Gasteiger partial charge is 0.480 e. The van der Waals surface area contributed by atoms with Crippen molar-refractivity contribution in [1.82, 2.24) is 5.32 Å². The molecule has 7 heteroatoms. The van der Waals surface area contributed by atoms with Crippen LogP contribution in [0.25, 0.3) is 0 Å². The van der Waals surface area contributed by atoms with Gasteiger partial charge < -0.3 is 20.9 Å². The zero-order valence-electron chi connectivity index (χ0n) is 37.6. The summed E-state index contributed by atoms with van der Waals surface area (Å²) >= 11 is 0. The lowest BCUT2D eigenvalue weighted by Gasteiger charge is -2.15. The number of carbonyl (C=O) groups is 3. The quantitative estimate of drug-likeness (QED) is 0.0321. The van der Waals surface area contributed by atoms with Crippen molar-refractivity contribution in [1.29, 1.82) is 0 Å². The molecule has 0 aliphatic rings. The molecule has 2 unspecified atom stereocenters. The predicted molar refractivity (Wildman–Crippen MR) is 248 cm³/mol. The lowest BCUT2D eigenvalue weighted by atomic mass is 10.0. The molecule has 2 atom stereocenters. The third-order valence-electron chi connectivity index (χ3n) is 10.5. The zero-order valence-corrected chi connectivity index (χ0v) is 37.6. The maximum atomic E-state index is 12.8. The van der Waals surface area contributed by atoms with Crippen LogP contribution < -0.4 is 11.1 Å². The van der Waals surface area contributed by atoms with E-state index in [0.29, 0.717) is 32.2 Å². The first-order valence-corrected chi connectivity index (χ1v) is 24.1. The second kappa shape index (κ2) is 45.2. The van der Waals surface area contributed by atoms with Crippen LogP contribution in [0.1, 0.15) is 226 Å². The minimum Gasteiger partial charge on any atom is -0.480 e. The molecule has 0 rings (SSSR count). The number of aliphatic carboxylic acids is 1. The van der Waals surface area contributed by atoms with Gasteiger partial charge in [0.05, 0.1) is 0 Å². The minimum atomic E-state index is -1.01. The smallest absolute Gasteiger partial charge is 0.326 e. The Morgan fingerprint density at radius 1 is 0.517 bits per heavy atom. The lowest BCUT2D eigenvalue weighted by molar-refractivity contribution is -0.147. The fraction of sp³-hybridized carbons (Fsp3) is 0.745. The Morgan fingerprint density at radius 3 is 1.48 bits per heavy atom. The molecule has 7 nitrogen and oxygen atoms in total. The summed E-state index contributed by atoms with van der Waals surface area (Å²) in [6.07, 6.45) is 57.3. The van der Waals surface area contributed by atoms with Gasteiger partial charge in [-0.2, -0.15) is 0 Å². The molecule has 0 bridgehead atoms. The molecule has 0 aliphatic carbocycles. The maximum absolute atomic E-state index is 12.8. The Morgan fingerprint density at radius 2 is 0.948 bits per heavy atom. The van der Waals surface area contributed by atoms with Gasteiger partial charge in [-0.05, 0) is 109 Å². The van der Waals surface area contributed by atoms with E-state index in [1.165, 1.54) is 103 Å². The molecule has 0 saturated carbocycles. The van der Waals surface area contributed by atoms with Gasteiger partial charge >= 0.3 is 11.9 Å². The van der Waals surface area contributed by atoms with E-state index in [2.05, 4.69) is 79.9 Å². The molecule has 0 aromatic carbocycles. The first-order valence-electron chi connectivity index (χ1n) is 24.1. The summed E-state index contributed by atoms with van der Waals surface area (Å²) < 4.78 is 5.95. The Bertz CT molecular complexity index is 1090. The number of ether oxygens (including phenoxy) is 1. The number of nitrogens with one attached hydrogen (secondary N) is 1. The summed E-state index contributed by atoms with van der Waals surface area (Å²) in [7, 11) is 0. The highest BCUT2D eigenvalue weighted by Crippen LogP contribution is 2.16. The van der Waals surface area contributed by atoms with Gasteiger partial charge in [-0.15, -0.1) is 0 Å². The number of allylic oxidation sites excluding steroid dienone is 9. The van der Waals surface area contributed by atoms with Crippen LogP contribution in [0.3, 0.4) is 0 Å². The standard InChI is InChI=1S/C51H90N2O5/c1-3-5-7-9-11-13-14-15-16-17-18-19-20-21-22-23-24-25-26-27-29-35-39-45-50(55)58-47(41-36-32-28-12-10-8-6-4-2)42-37-33-30-31-34-38-44-49(54)53-48(51(56)57)43-40-46-52/h12,14-15,17-18,20-21,28,36,41,47-48H,3-11,13,16,19,22-27,29-35,37-40,42-46,52H2,1-2H3,(H,53,54)(H,56,57)/b15-14-,18-17-,21-20-,28-12-,41-36-. The average molecular weight is 811 g/mol. The van der Waals surface area contributed by atoms with E-state index < -0.39 is 12.0 Å². The molecule has 0 fully saturated rings. The highest BCUT2D eigenvalue weighted by molar-refractivity contribution is 5.83. The Hall–Kier alpha value is -2.93. The highest BCUT2D eigenvalue weighted by atomic mass is 16.5. The summed E-state index contributed by atoms with van der Waals surface area (Å²) in [4.78, 5) is 36.3. The number of carbonyl (C=O) groups excluding carboxylic acids is 2. The van der Waals surface area contributed by atoms with Crippen molar-refractivity contribution in [3.63, 3.8) is 0 Å². The van der Waals surface area contributed by atoms with E-state index in [-0.39, 0.29) is 18.0 Å². The number of rotatable bonds is 43. The van der Waals surface area contributed by atoms with Gasteiger partial charge in [0.1, 0.15) is 12.1 Å². The molecule has 58 heavy (non-hydrogen) atoms. The van der Waals surface area contributed by atoms with E-state index in [4.69, 9.17) is 10.5 Å². The van der Waals surface area contributed by atoms with Gasteiger partial charge in [0, 0.05) is 12.8 Å². The molecule has 0 saturated heterocycles. The highest BCUT2D eigenvalue weighted by Gasteiger charge is 2.18. The Labute approximate surface area is 357 Å². The molecule has 1 amide bonds. The van der Waals surface area contributed by atoms with Crippen LogP contribution in [-0.2, 0) is 19.1 Å². The molecular weight excluding hydrogens is 721 g/mol. The zero-order chi connectivity index (χ0) is 42.4. The molecular formula is C51H90N2O5. The number of amides is 1. The van der Waals surface area contributed by atoms with Crippen molar-refractivity contribution in [2.45, 2.75) is 238 Å². The summed E-state index contributed by atoms with van der Waals surface area (Å²) in [5.74, 6) is -1.30. The summed E-state index contributed by atoms with van der Waals surface area (Å²) in [6.45, 7) is 4.90. The van der Waals surface area contributed by atoms with Crippen molar-refractivity contribution < 1.29 is 24.2 Å². The molecule has 0 aliphatic heterocycles. The van der Waals surface area contributed by atoms with Gasteiger partial charge in [-0.1, -0.05) is 171 Å². The normalized spacial score (nSPS) is 13.2. The van der Waals surface area contributed by atoms with E-state index in [1.807, 2.05) is 0 Å². The first-order chi connectivity index (χ1) is 28.4. The second-order valence-corrected chi connectivity index (χ2v) is 16.2. The molecule has 0 aromatic heterocycles. The van der Waals surface area contributed by atoms with Crippen molar-refractivity contribution in [2.75, 3.05) is 6.54 Å². The number of hydrogen-bond acceptors (Lipinski definition) is 5. The number of hydrogen-bond donors (Lipinski definition) is 3. The van der Waals surface area contributed by atoms with Crippen molar-refractivity contribution in [3.8, 4) is 0 Å². The summed E-state index contributed by atoms with van der Waals surface area (Å²) in [5.41, 5.74) is 5.48. The van der Waals surface area contributed by atoms with Crippen LogP contribution in [0.2, 0.25) is 0 Å². The summed E-state index contributed by atoms with van der Waals surface area (Å²) in [6, 6.07) is -0.858. The van der Waals surface area contributed by atoms with E-state index in [0.717, 1.165) is 83.5 Å². The fourth-order valence-electron chi connectivity index (χ4n) is 6.88. The van der Waals surface area contributed by atoms with Crippen LogP contribution in [0.15, 0.2) is 60.8 Å². The number of unbranched alkanes of at least 4 members (excludes halogenated alkanes) is 21. The maximum Gasteiger partial charge on any atom is 0.326 e. The number of carboxylic acid groups (broad SMARTS) is 1. The van der Waals surface area contributed by atoms with Crippen LogP contribution in [-0.4, -0.2) is 41.6 Å². The fourth-order valence-corrected chi connectivity index (χ4v) is 6.88. The number of carboxylic acids is 1. The Kier molecular flexibility index (Phi) is 42.9. The number of nitrogens with two attached hydrogens (primary N) is 1. The molecule has 0 spiro atoms. The van der Waals surface area contributed by atoms with Crippen LogP contribution >= 0.6 is 0 Å². The molecule has 0 heterocycles. The van der Waals surface area contributed by atoms with Gasteiger partial charge in [0.25, 0.3) is 0 Å². The minimum absolute atomic E-state index is 0.0833. The third-order valence-corrected chi connectivity index (χ3v) is 10.5. The first kappa shape index (κ1) is 55.1. The third kappa shape index (κ3) is 41.2. The van der Waals surface area contributed by atoms with Gasteiger partial charge in [0.2, 0.25) is 5.91 Å². The number of esters is 1. The van der Waals surface area contributed by atoms with Crippen molar-refractivity contribution in [3.05, 3.63) is 60.8 Å². The molecule has 4 N–H and O–H groups in total. The Balaban J connectivity index is 4.16. The van der Waals surface area contributed by atoms with Gasteiger partial charge in [-0.25, -0.2) is 4.79 Å². The summed E-state index contributed by atoms with van der Waals surface area (Å²) in [5, 5.41) is 11.9. The SMILES string of the molecule is CCCCC/C=C\C/C=C\C(CCCCCCCCC(=O)NC(CCCN)C(=O)O)OC(=O)CCCCCCCCCC/C=C\C/C=C\C/C=C\CCCCCCC. The van der Waals surface area contributed by atoms with Crippen LogP contribution in [0.5, 0.6) is 0 Å². The average Bonchev–Trinajstić information content (AvgIpc) is 3.21. The van der Waals surface area contributed by atoms with Gasteiger partial charge in [0.15, 0.2) is 0 Å². The van der Waals surface area contributed by atoms with Crippen LogP contribution in [0.4, 0.5) is 0 Å². The second-order valence-electron chi connectivity index (χ2n) is 16.2. The monoisotopic (exact) mass is 811 g/mol. The van der Waals surface area contributed by atoms with Crippen molar-refractivity contribution in [2.24, 2.45) is 5.73 Å². The molecule has 0 radical (unpaired) electrons. The predicted octanol–water partition coefficient (Wildman–Crippen LogP) is 14.1. The van der Waals surface area contributed by atoms with E-state index >= 15 is 0 Å². The van der Waals surface area contributed by atoms with E-state index in [1.54, 1.807) is 0 Å². The molecule has 0 aromatic rings. The van der Waals surface area contributed by atoms with Crippen molar-refractivity contribution >= 4 is 17.8 Å². The van der Waals surface area contributed by atoms with Crippen LogP contribution in [0, 0.1) is 0 Å². The van der Waals surface area contributed by atoms with Gasteiger partial charge in [-0.3, -0.25) is 9.59 Å². The molecule has 334 valence electrons. The topological polar surface area (TPSA) is 119 Å². The van der Waals surface area contributed by atoms with E-state index in [9.17, 15) is 19.5 Å².